The molecule has 1 aromatic heterocycles. The number of rotatable bonds is 4. The van der Waals surface area contributed by atoms with Gasteiger partial charge in [0.25, 0.3) is 0 Å². The lowest BCUT2D eigenvalue weighted by molar-refractivity contribution is -0.119. The van der Waals surface area contributed by atoms with Crippen LogP contribution in [0.15, 0.2) is 35.7 Å². The Bertz CT molecular complexity index is 534. The second-order valence-corrected chi connectivity index (χ2v) is 5.63. The third-order valence-corrected chi connectivity index (χ3v) is 4.27. The zero-order valence-electron chi connectivity index (χ0n) is 9.40. The van der Waals surface area contributed by atoms with Gasteiger partial charge in [-0.3, -0.25) is 4.79 Å². The summed E-state index contributed by atoms with van der Waals surface area (Å²) in [5, 5.41) is 2.88. The molecule has 0 aliphatic rings. The van der Waals surface area contributed by atoms with E-state index in [0.29, 0.717) is 15.6 Å². The molecule has 1 aromatic carbocycles. The molecule has 2 N–H and O–H groups in total. The van der Waals surface area contributed by atoms with E-state index in [4.69, 9.17) is 28.9 Å². The van der Waals surface area contributed by atoms with Crippen LogP contribution < -0.4 is 5.73 Å². The molecule has 0 saturated heterocycles. The number of Topliss-reactive ketones (excluding diaryl/α,β-unsaturated/α-hetero) is 1. The lowest BCUT2D eigenvalue weighted by Crippen LogP contribution is -2.22. The van der Waals surface area contributed by atoms with E-state index in [1.54, 1.807) is 18.2 Å². The summed E-state index contributed by atoms with van der Waals surface area (Å²) in [5.41, 5.74) is 6.54. The minimum Gasteiger partial charge on any atom is -0.317 e. The molecule has 94 valence electrons. The van der Waals surface area contributed by atoms with Crippen LogP contribution >= 0.6 is 34.5 Å². The SMILES string of the molecule is NC(C(=O)Cc1c(Cl)cccc1Cl)c1cccs1. The van der Waals surface area contributed by atoms with Crippen molar-refractivity contribution in [1.82, 2.24) is 0 Å². The molecule has 18 heavy (non-hydrogen) atoms. The van der Waals surface area contributed by atoms with Gasteiger partial charge >= 0.3 is 0 Å². The summed E-state index contributed by atoms with van der Waals surface area (Å²) in [4.78, 5) is 12.9. The molecule has 0 bridgehead atoms. The Morgan fingerprint density at radius 2 is 1.89 bits per heavy atom. The molecule has 0 amide bonds. The van der Waals surface area contributed by atoms with Crippen molar-refractivity contribution in [2.45, 2.75) is 12.5 Å². The Kier molecular flexibility index (Phi) is 4.40. The quantitative estimate of drug-likeness (QED) is 0.931. The second kappa shape index (κ2) is 5.85. The molecule has 5 heteroatoms. The Morgan fingerprint density at radius 1 is 1.22 bits per heavy atom. The fourth-order valence-electron chi connectivity index (χ4n) is 1.61. The molecule has 0 fully saturated rings. The zero-order valence-corrected chi connectivity index (χ0v) is 11.7. The van der Waals surface area contributed by atoms with Crippen molar-refractivity contribution in [3.8, 4) is 0 Å². The van der Waals surface area contributed by atoms with Gasteiger partial charge in [-0.2, -0.15) is 0 Å². The highest BCUT2D eigenvalue weighted by atomic mass is 35.5. The molecule has 2 aromatic rings. The normalized spacial score (nSPS) is 12.4. The molecular weight excluding hydrogens is 289 g/mol. The fourth-order valence-corrected chi connectivity index (χ4v) is 2.89. The first-order valence-electron chi connectivity index (χ1n) is 5.34. The largest absolute Gasteiger partial charge is 0.317 e. The molecule has 0 aliphatic heterocycles. The van der Waals surface area contributed by atoms with E-state index < -0.39 is 6.04 Å². The van der Waals surface area contributed by atoms with Crippen LogP contribution in [0.3, 0.4) is 0 Å². The molecule has 1 atom stereocenters. The highest BCUT2D eigenvalue weighted by Crippen LogP contribution is 2.27. The van der Waals surface area contributed by atoms with Gasteiger partial charge in [-0.15, -0.1) is 11.3 Å². The summed E-state index contributed by atoms with van der Waals surface area (Å²) < 4.78 is 0. The number of ketones is 1. The van der Waals surface area contributed by atoms with Gasteiger partial charge in [-0.05, 0) is 29.1 Å². The van der Waals surface area contributed by atoms with Gasteiger partial charge in [0.1, 0.15) is 0 Å². The molecule has 1 heterocycles. The third-order valence-electron chi connectivity index (χ3n) is 2.61. The predicted molar refractivity (Wildman–Crippen MR) is 76.4 cm³/mol. The topological polar surface area (TPSA) is 43.1 Å². The lowest BCUT2D eigenvalue weighted by atomic mass is 10.0. The highest BCUT2D eigenvalue weighted by Gasteiger charge is 2.19. The van der Waals surface area contributed by atoms with Crippen molar-refractivity contribution in [1.29, 1.82) is 0 Å². The van der Waals surface area contributed by atoms with E-state index in [-0.39, 0.29) is 12.2 Å². The van der Waals surface area contributed by atoms with Crippen LogP contribution in [0.4, 0.5) is 0 Å². The molecular formula is C13H11Cl2NOS. The number of nitrogens with two attached hydrogens (primary N) is 1. The van der Waals surface area contributed by atoms with Crippen molar-refractivity contribution >= 4 is 40.3 Å². The summed E-state index contributed by atoms with van der Waals surface area (Å²) >= 11 is 13.5. The minimum absolute atomic E-state index is 0.0903. The highest BCUT2D eigenvalue weighted by molar-refractivity contribution is 7.10. The van der Waals surface area contributed by atoms with Gasteiger partial charge < -0.3 is 5.73 Å². The maximum atomic E-state index is 12.1. The average Bonchev–Trinajstić information content (AvgIpc) is 2.86. The summed E-state index contributed by atoms with van der Waals surface area (Å²) in [5.74, 6) is -0.0903. The Hall–Kier alpha value is -0.870. The van der Waals surface area contributed by atoms with Gasteiger partial charge in [0, 0.05) is 21.3 Å². The minimum atomic E-state index is -0.614. The molecule has 0 radical (unpaired) electrons. The predicted octanol–water partition coefficient (Wildman–Crippen LogP) is 3.87. The van der Waals surface area contributed by atoms with E-state index in [1.807, 2.05) is 17.5 Å². The van der Waals surface area contributed by atoms with Crippen LogP contribution in [0.25, 0.3) is 0 Å². The number of thiophene rings is 1. The smallest absolute Gasteiger partial charge is 0.159 e. The van der Waals surface area contributed by atoms with Crippen LogP contribution in [0.5, 0.6) is 0 Å². The Morgan fingerprint density at radius 3 is 2.44 bits per heavy atom. The first kappa shape index (κ1) is 13.6. The van der Waals surface area contributed by atoms with Crippen molar-refractivity contribution < 1.29 is 4.79 Å². The summed E-state index contributed by atoms with van der Waals surface area (Å²) in [6, 6.07) is 8.28. The second-order valence-electron chi connectivity index (χ2n) is 3.84. The van der Waals surface area contributed by atoms with Crippen LogP contribution in [0, 0.1) is 0 Å². The third kappa shape index (κ3) is 2.93. The first-order valence-corrected chi connectivity index (χ1v) is 6.97. The van der Waals surface area contributed by atoms with E-state index in [1.165, 1.54) is 11.3 Å². The van der Waals surface area contributed by atoms with Crippen LogP contribution in [0.2, 0.25) is 10.0 Å². The van der Waals surface area contributed by atoms with Gasteiger partial charge in [0.2, 0.25) is 0 Å². The molecule has 2 nitrogen and oxygen atoms in total. The van der Waals surface area contributed by atoms with Crippen LogP contribution in [-0.4, -0.2) is 5.78 Å². The number of hydrogen-bond acceptors (Lipinski definition) is 3. The van der Waals surface area contributed by atoms with E-state index >= 15 is 0 Å². The fraction of sp³-hybridized carbons (Fsp3) is 0.154. The molecule has 0 aliphatic carbocycles. The summed E-state index contributed by atoms with van der Waals surface area (Å²) in [6.07, 6.45) is 0.150. The molecule has 0 spiro atoms. The maximum Gasteiger partial charge on any atom is 0.159 e. The lowest BCUT2D eigenvalue weighted by Gasteiger charge is -2.10. The van der Waals surface area contributed by atoms with E-state index in [0.717, 1.165) is 4.88 Å². The van der Waals surface area contributed by atoms with Crippen molar-refractivity contribution in [3.63, 3.8) is 0 Å². The van der Waals surface area contributed by atoms with Crippen LogP contribution in [0.1, 0.15) is 16.5 Å². The van der Waals surface area contributed by atoms with Crippen molar-refractivity contribution in [2.24, 2.45) is 5.73 Å². The number of carbonyl (C=O) groups excluding carboxylic acids is 1. The number of halogens is 2. The van der Waals surface area contributed by atoms with E-state index in [9.17, 15) is 4.79 Å². The van der Waals surface area contributed by atoms with Gasteiger partial charge in [0.15, 0.2) is 5.78 Å². The molecule has 0 saturated carbocycles. The number of carbonyl (C=O) groups is 1. The summed E-state index contributed by atoms with van der Waals surface area (Å²) in [6.45, 7) is 0. The number of hydrogen-bond donors (Lipinski definition) is 1. The van der Waals surface area contributed by atoms with Crippen LogP contribution in [-0.2, 0) is 11.2 Å². The average molecular weight is 300 g/mol. The standard InChI is InChI=1S/C13H11Cl2NOS/c14-9-3-1-4-10(15)8(9)7-11(17)13(16)12-5-2-6-18-12/h1-6,13H,7,16H2. The van der Waals surface area contributed by atoms with E-state index in [2.05, 4.69) is 0 Å². The van der Waals surface area contributed by atoms with Crippen molar-refractivity contribution in [2.75, 3.05) is 0 Å². The first-order chi connectivity index (χ1) is 8.59. The molecule has 1 unspecified atom stereocenters. The molecule has 2 rings (SSSR count). The zero-order chi connectivity index (χ0) is 13.1. The van der Waals surface area contributed by atoms with Gasteiger partial charge in [0.05, 0.1) is 6.04 Å². The van der Waals surface area contributed by atoms with Gasteiger partial charge in [-0.1, -0.05) is 35.3 Å². The Labute approximate surface area is 119 Å². The van der Waals surface area contributed by atoms with Crippen molar-refractivity contribution in [3.05, 3.63) is 56.2 Å². The number of benzene rings is 1. The van der Waals surface area contributed by atoms with Gasteiger partial charge in [-0.25, -0.2) is 0 Å². The Balaban J connectivity index is 2.17. The monoisotopic (exact) mass is 299 g/mol. The maximum absolute atomic E-state index is 12.1. The summed E-state index contributed by atoms with van der Waals surface area (Å²) in [7, 11) is 0.